The summed E-state index contributed by atoms with van der Waals surface area (Å²) >= 11 is 6.89. The molecule has 6 heteroatoms. The Hall–Kier alpha value is -1.20. The van der Waals surface area contributed by atoms with Gasteiger partial charge < -0.3 is 0 Å². The second-order valence-electron chi connectivity index (χ2n) is 4.90. The average Bonchev–Trinajstić information content (AvgIpc) is 2.84. The van der Waals surface area contributed by atoms with E-state index in [2.05, 4.69) is 4.98 Å². The maximum atomic E-state index is 12.8. The molecule has 0 unspecified atom stereocenters. The van der Waals surface area contributed by atoms with Gasteiger partial charge in [-0.1, -0.05) is 29.4 Å². The standard InChI is InChI=1S/C15H11ClF3NS/c16-13-7-11(15(17,18)19)8-14(20-13)21-12-5-4-9-2-1-3-10(9)6-12/h4-8H,1-3H2. The Labute approximate surface area is 129 Å². The monoisotopic (exact) mass is 329 g/mol. The summed E-state index contributed by atoms with van der Waals surface area (Å²) in [5.74, 6) is 0. The fraction of sp³-hybridized carbons (Fsp3) is 0.267. The number of nitrogens with zero attached hydrogens (tertiary/aromatic N) is 1. The van der Waals surface area contributed by atoms with Crippen LogP contribution >= 0.6 is 23.4 Å². The van der Waals surface area contributed by atoms with E-state index in [4.69, 9.17) is 11.6 Å². The fourth-order valence-corrected chi connectivity index (χ4v) is 3.59. The third kappa shape index (κ3) is 3.35. The molecule has 1 nitrogen and oxygen atoms in total. The molecule has 0 amide bonds. The van der Waals surface area contributed by atoms with Gasteiger partial charge in [0.15, 0.2) is 0 Å². The second-order valence-corrected chi connectivity index (χ2v) is 6.38. The van der Waals surface area contributed by atoms with Crippen molar-refractivity contribution in [1.82, 2.24) is 4.98 Å². The van der Waals surface area contributed by atoms with Crippen LogP contribution in [0, 0.1) is 0 Å². The highest BCUT2D eigenvalue weighted by Crippen LogP contribution is 2.36. The fourth-order valence-electron chi connectivity index (χ4n) is 2.42. The number of fused-ring (bicyclic) bond motifs is 1. The molecular weight excluding hydrogens is 319 g/mol. The topological polar surface area (TPSA) is 12.9 Å². The normalized spacial score (nSPS) is 14.3. The Morgan fingerprint density at radius 2 is 1.81 bits per heavy atom. The summed E-state index contributed by atoms with van der Waals surface area (Å²) in [6.07, 6.45) is -1.18. The third-order valence-electron chi connectivity index (χ3n) is 3.39. The molecule has 1 aliphatic carbocycles. The molecule has 0 atom stereocenters. The van der Waals surface area contributed by atoms with Crippen LogP contribution in [0.4, 0.5) is 13.2 Å². The van der Waals surface area contributed by atoms with Crippen molar-refractivity contribution in [2.75, 3.05) is 0 Å². The molecule has 0 radical (unpaired) electrons. The van der Waals surface area contributed by atoms with Crippen LogP contribution in [0.1, 0.15) is 23.1 Å². The third-order valence-corrected chi connectivity index (χ3v) is 4.49. The van der Waals surface area contributed by atoms with Crippen LogP contribution in [0.25, 0.3) is 0 Å². The van der Waals surface area contributed by atoms with Gasteiger partial charge in [-0.15, -0.1) is 0 Å². The van der Waals surface area contributed by atoms with Crippen molar-refractivity contribution in [2.45, 2.75) is 35.4 Å². The van der Waals surface area contributed by atoms with Gasteiger partial charge >= 0.3 is 6.18 Å². The summed E-state index contributed by atoms with van der Waals surface area (Å²) < 4.78 is 38.3. The van der Waals surface area contributed by atoms with E-state index in [9.17, 15) is 13.2 Å². The molecule has 110 valence electrons. The van der Waals surface area contributed by atoms with Gasteiger partial charge in [0.05, 0.1) is 5.56 Å². The molecule has 0 fully saturated rings. The van der Waals surface area contributed by atoms with Gasteiger partial charge in [-0.3, -0.25) is 0 Å². The van der Waals surface area contributed by atoms with Crippen LogP contribution in [0.15, 0.2) is 40.3 Å². The predicted molar refractivity (Wildman–Crippen MR) is 76.8 cm³/mol. The minimum absolute atomic E-state index is 0.145. The van der Waals surface area contributed by atoms with Gasteiger partial charge in [-0.25, -0.2) is 4.98 Å². The van der Waals surface area contributed by atoms with E-state index in [1.807, 2.05) is 18.2 Å². The second kappa shape index (κ2) is 5.54. The van der Waals surface area contributed by atoms with Crippen LogP contribution < -0.4 is 0 Å². The number of aromatic nitrogens is 1. The molecule has 0 saturated heterocycles. The quantitative estimate of drug-likeness (QED) is 0.685. The zero-order valence-corrected chi connectivity index (χ0v) is 12.4. The van der Waals surface area contributed by atoms with E-state index >= 15 is 0 Å². The van der Waals surface area contributed by atoms with Gasteiger partial charge in [0.2, 0.25) is 0 Å². The van der Waals surface area contributed by atoms with E-state index in [0.29, 0.717) is 0 Å². The van der Waals surface area contributed by atoms with Crippen LogP contribution in [-0.2, 0) is 19.0 Å². The van der Waals surface area contributed by atoms with Gasteiger partial charge in [-0.2, -0.15) is 13.2 Å². The van der Waals surface area contributed by atoms with E-state index in [1.54, 1.807) is 0 Å². The van der Waals surface area contributed by atoms with Gasteiger partial charge in [0.1, 0.15) is 10.2 Å². The molecule has 3 rings (SSSR count). The van der Waals surface area contributed by atoms with Crippen LogP contribution in [-0.4, -0.2) is 4.98 Å². The first-order valence-electron chi connectivity index (χ1n) is 6.46. The molecule has 2 aromatic rings. The highest BCUT2D eigenvalue weighted by atomic mass is 35.5. The molecule has 0 saturated carbocycles. The van der Waals surface area contributed by atoms with Crippen LogP contribution in [0.3, 0.4) is 0 Å². The largest absolute Gasteiger partial charge is 0.416 e. The zero-order valence-electron chi connectivity index (χ0n) is 10.9. The Morgan fingerprint density at radius 1 is 1.05 bits per heavy atom. The lowest BCUT2D eigenvalue weighted by atomic mass is 10.1. The van der Waals surface area contributed by atoms with Crippen LogP contribution in [0.2, 0.25) is 5.15 Å². The summed E-state index contributed by atoms with van der Waals surface area (Å²) in [5, 5.41) is 0.112. The number of halogens is 4. The van der Waals surface area contributed by atoms with Crippen molar-refractivity contribution >= 4 is 23.4 Å². The Balaban J connectivity index is 1.89. The first-order chi connectivity index (χ1) is 9.91. The Morgan fingerprint density at radius 3 is 2.57 bits per heavy atom. The molecule has 0 spiro atoms. The smallest absolute Gasteiger partial charge is 0.229 e. The van der Waals surface area contributed by atoms with Crippen molar-refractivity contribution in [3.63, 3.8) is 0 Å². The number of hydrogen-bond acceptors (Lipinski definition) is 2. The minimum Gasteiger partial charge on any atom is -0.229 e. The summed E-state index contributed by atoms with van der Waals surface area (Å²) in [7, 11) is 0. The highest BCUT2D eigenvalue weighted by molar-refractivity contribution is 7.99. The van der Waals surface area contributed by atoms with Crippen molar-refractivity contribution in [1.29, 1.82) is 0 Å². The summed E-state index contributed by atoms with van der Waals surface area (Å²) in [6, 6.07) is 7.87. The molecule has 21 heavy (non-hydrogen) atoms. The van der Waals surface area contributed by atoms with Crippen molar-refractivity contribution in [3.8, 4) is 0 Å². The van der Waals surface area contributed by atoms with Crippen molar-refractivity contribution < 1.29 is 13.2 Å². The lowest BCUT2D eigenvalue weighted by Crippen LogP contribution is -2.05. The highest BCUT2D eigenvalue weighted by Gasteiger charge is 2.31. The lowest BCUT2D eigenvalue weighted by molar-refractivity contribution is -0.137. The molecule has 1 heterocycles. The number of benzene rings is 1. The Kier molecular flexibility index (Phi) is 3.88. The van der Waals surface area contributed by atoms with Crippen molar-refractivity contribution in [2.24, 2.45) is 0 Å². The van der Waals surface area contributed by atoms with Crippen molar-refractivity contribution in [3.05, 3.63) is 52.2 Å². The Bertz CT molecular complexity index is 685. The predicted octanol–water partition coefficient (Wildman–Crippen LogP) is 5.39. The van der Waals surface area contributed by atoms with Gasteiger partial charge in [0.25, 0.3) is 0 Å². The minimum atomic E-state index is -4.42. The zero-order chi connectivity index (χ0) is 15.0. The SMILES string of the molecule is FC(F)(F)c1cc(Cl)nc(Sc2ccc3c(c2)CCC3)c1. The lowest BCUT2D eigenvalue weighted by Gasteiger charge is -2.09. The summed E-state index contributed by atoms with van der Waals surface area (Å²) in [5.41, 5.74) is 1.83. The van der Waals surface area contributed by atoms with Gasteiger partial charge in [0, 0.05) is 4.90 Å². The number of rotatable bonds is 2. The molecule has 0 N–H and O–H groups in total. The number of aryl methyl sites for hydroxylation is 2. The van der Waals surface area contributed by atoms with Gasteiger partial charge in [-0.05, 0) is 54.7 Å². The van der Waals surface area contributed by atoms with E-state index in [0.717, 1.165) is 36.3 Å². The molecule has 0 aliphatic heterocycles. The maximum absolute atomic E-state index is 12.8. The summed E-state index contributed by atoms with van der Waals surface area (Å²) in [4.78, 5) is 4.85. The number of alkyl halides is 3. The summed E-state index contributed by atoms with van der Waals surface area (Å²) in [6.45, 7) is 0. The molecule has 1 aliphatic rings. The first-order valence-corrected chi connectivity index (χ1v) is 7.66. The maximum Gasteiger partial charge on any atom is 0.416 e. The average molecular weight is 330 g/mol. The van der Waals surface area contributed by atoms with Crippen LogP contribution in [0.5, 0.6) is 0 Å². The number of hydrogen-bond donors (Lipinski definition) is 0. The van der Waals surface area contributed by atoms with E-state index in [1.165, 1.54) is 22.9 Å². The molecular formula is C15H11ClF3NS. The number of pyridine rings is 1. The molecule has 0 bridgehead atoms. The van der Waals surface area contributed by atoms with E-state index < -0.39 is 11.7 Å². The van der Waals surface area contributed by atoms with E-state index in [-0.39, 0.29) is 10.2 Å². The molecule has 1 aromatic carbocycles. The first kappa shape index (κ1) is 14.7. The molecule has 1 aromatic heterocycles.